The number of rotatable bonds is 4. The molecule has 0 aromatic rings. The van der Waals surface area contributed by atoms with Gasteiger partial charge in [-0.3, -0.25) is 0 Å². The molecule has 35 heavy (non-hydrogen) atoms. The lowest BCUT2D eigenvalue weighted by molar-refractivity contribution is 0.0901. The predicted octanol–water partition coefficient (Wildman–Crippen LogP) is 11.3. The van der Waals surface area contributed by atoms with Gasteiger partial charge < -0.3 is 0 Å². The molecule has 0 nitrogen and oxygen atoms in total. The van der Waals surface area contributed by atoms with Crippen molar-refractivity contribution in [2.75, 3.05) is 0 Å². The molecular weight excluding hydrogens is 440 g/mol. The van der Waals surface area contributed by atoms with E-state index in [1.807, 2.05) is 0 Å². The van der Waals surface area contributed by atoms with Gasteiger partial charge in [-0.25, -0.2) is 0 Å². The van der Waals surface area contributed by atoms with Crippen molar-refractivity contribution >= 4 is 11.8 Å². The zero-order chi connectivity index (χ0) is 25.5. The summed E-state index contributed by atoms with van der Waals surface area (Å²) in [5.41, 5.74) is 0.989. The number of thioether (sulfide) groups is 1. The normalized spacial score (nSPS) is 44.2. The molecule has 0 spiro atoms. The largest absolute Gasteiger partial charge is 0.147 e. The monoisotopic (exact) mass is 502 g/mol. The smallest absolute Gasteiger partial charge is 0.0219 e. The Bertz CT molecular complexity index is 608. The van der Waals surface area contributed by atoms with Crippen molar-refractivity contribution in [3.05, 3.63) is 0 Å². The van der Waals surface area contributed by atoms with Crippen molar-refractivity contribution in [3.8, 4) is 0 Å². The quantitative estimate of drug-likeness (QED) is 0.368. The SMILES string of the molecule is CC1CCCCC1(SC1(C2CCC(C(C)(C)C)CC2)CCCCC1C)C1CCC(C(C)(C)C)CC1. The molecule has 4 unspecified atom stereocenters. The Hall–Kier alpha value is 0.350. The molecule has 0 N–H and O–H groups in total. The molecule has 4 saturated carbocycles. The minimum Gasteiger partial charge on any atom is -0.147 e. The van der Waals surface area contributed by atoms with Gasteiger partial charge in [0.25, 0.3) is 0 Å². The fourth-order valence-corrected chi connectivity index (χ4v) is 12.3. The predicted molar refractivity (Wildman–Crippen MR) is 158 cm³/mol. The zero-order valence-corrected chi connectivity index (χ0v) is 26.0. The van der Waals surface area contributed by atoms with Crippen LogP contribution in [0.5, 0.6) is 0 Å². The Labute approximate surface area is 225 Å². The van der Waals surface area contributed by atoms with Gasteiger partial charge in [0.15, 0.2) is 0 Å². The lowest BCUT2D eigenvalue weighted by Gasteiger charge is -2.59. The van der Waals surface area contributed by atoms with E-state index in [4.69, 9.17) is 0 Å². The molecule has 0 aromatic carbocycles. The Balaban J connectivity index is 1.60. The molecule has 0 heterocycles. The maximum Gasteiger partial charge on any atom is 0.0219 e. The van der Waals surface area contributed by atoms with Crippen LogP contribution >= 0.6 is 11.8 Å². The summed E-state index contributed by atoms with van der Waals surface area (Å²) in [5.74, 6) is 5.64. The molecule has 0 aliphatic heterocycles. The molecule has 0 bridgehead atoms. The summed E-state index contributed by atoms with van der Waals surface area (Å²) < 4.78 is 1.13. The maximum absolute atomic E-state index is 2.69. The van der Waals surface area contributed by atoms with Gasteiger partial charge in [-0.2, -0.15) is 0 Å². The van der Waals surface area contributed by atoms with Crippen LogP contribution in [0.1, 0.15) is 158 Å². The molecule has 4 aliphatic rings. The number of hydrogen-bond acceptors (Lipinski definition) is 1. The first-order valence-electron chi connectivity index (χ1n) is 16.1. The maximum atomic E-state index is 2.69. The lowest BCUT2D eigenvalue weighted by Crippen LogP contribution is -2.54. The Morgan fingerprint density at radius 1 is 0.486 bits per heavy atom. The average Bonchev–Trinajstić information content (AvgIpc) is 2.81. The van der Waals surface area contributed by atoms with Crippen molar-refractivity contribution in [2.24, 2.45) is 46.3 Å². The van der Waals surface area contributed by atoms with Crippen molar-refractivity contribution in [1.82, 2.24) is 0 Å². The molecule has 0 saturated heterocycles. The Kier molecular flexibility index (Phi) is 8.79. The van der Waals surface area contributed by atoms with Crippen LogP contribution in [0.25, 0.3) is 0 Å². The Morgan fingerprint density at radius 3 is 1.11 bits per heavy atom. The molecular formula is C34H62S. The third kappa shape index (κ3) is 5.86. The van der Waals surface area contributed by atoms with Gasteiger partial charge in [0.2, 0.25) is 0 Å². The molecule has 0 aromatic heterocycles. The van der Waals surface area contributed by atoms with Crippen LogP contribution in [0, 0.1) is 46.3 Å². The van der Waals surface area contributed by atoms with Gasteiger partial charge in [0, 0.05) is 9.49 Å². The lowest BCUT2D eigenvalue weighted by atomic mass is 9.62. The first-order valence-corrected chi connectivity index (χ1v) is 16.9. The summed E-state index contributed by atoms with van der Waals surface area (Å²) >= 11 is 2.68. The third-order valence-corrected chi connectivity index (χ3v) is 14.9. The van der Waals surface area contributed by atoms with E-state index in [0.717, 1.165) is 35.5 Å². The van der Waals surface area contributed by atoms with Crippen molar-refractivity contribution in [3.63, 3.8) is 0 Å². The van der Waals surface area contributed by atoms with E-state index < -0.39 is 0 Å². The van der Waals surface area contributed by atoms with Crippen LogP contribution in [0.3, 0.4) is 0 Å². The first-order chi connectivity index (χ1) is 16.4. The fraction of sp³-hybridized carbons (Fsp3) is 1.00. The van der Waals surface area contributed by atoms with E-state index in [-0.39, 0.29) is 0 Å². The van der Waals surface area contributed by atoms with E-state index in [2.05, 4.69) is 67.2 Å². The minimum absolute atomic E-state index is 0.494. The summed E-state index contributed by atoms with van der Waals surface area (Å²) in [5, 5.41) is 0. The van der Waals surface area contributed by atoms with Gasteiger partial charge >= 0.3 is 0 Å². The topological polar surface area (TPSA) is 0 Å². The molecule has 204 valence electrons. The van der Waals surface area contributed by atoms with Crippen LogP contribution in [-0.2, 0) is 0 Å². The van der Waals surface area contributed by atoms with Crippen LogP contribution in [-0.4, -0.2) is 9.49 Å². The highest BCUT2D eigenvalue weighted by atomic mass is 32.2. The van der Waals surface area contributed by atoms with Crippen molar-refractivity contribution < 1.29 is 0 Å². The second kappa shape index (κ2) is 10.8. The first kappa shape index (κ1) is 28.4. The van der Waals surface area contributed by atoms with Gasteiger partial charge in [0.05, 0.1) is 0 Å². The van der Waals surface area contributed by atoms with Crippen LogP contribution < -0.4 is 0 Å². The fourth-order valence-electron chi connectivity index (χ4n) is 9.62. The highest BCUT2D eigenvalue weighted by molar-refractivity contribution is 8.02. The van der Waals surface area contributed by atoms with Gasteiger partial charge in [0.1, 0.15) is 0 Å². The highest BCUT2D eigenvalue weighted by Crippen LogP contribution is 2.64. The second-order valence-electron chi connectivity index (χ2n) is 16.1. The van der Waals surface area contributed by atoms with Crippen LogP contribution in [0.2, 0.25) is 0 Å². The zero-order valence-electron chi connectivity index (χ0n) is 25.2. The molecule has 4 aliphatic carbocycles. The van der Waals surface area contributed by atoms with E-state index in [1.54, 1.807) is 0 Å². The molecule has 0 amide bonds. The summed E-state index contributed by atoms with van der Waals surface area (Å²) in [4.78, 5) is 0. The van der Waals surface area contributed by atoms with Crippen molar-refractivity contribution in [2.45, 2.75) is 168 Å². The highest BCUT2D eigenvalue weighted by Gasteiger charge is 2.55. The average molecular weight is 503 g/mol. The summed E-state index contributed by atoms with van der Waals surface area (Å²) in [6, 6.07) is 0. The Morgan fingerprint density at radius 2 is 0.829 bits per heavy atom. The molecule has 4 atom stereocenters. The van der Waals surface area contributed by atoms with E-state index in [9.17, 15) is 0 Å². The molecule has 1 heteroatoms. The van der Waals surface area contributed by atoms with E-state index in [1.165, 1.54) is 103 Å². The number of hydrogen-bond donors (Lipinski definition) is 0. The molecule has 0 radical (unpaired) electrons. The van der Waals surface area contributed by atoms with Crippen LogP contribution in [0.4, 0.5) is 0 Å². The third-order valence-electron chi connectivity index (χ3n) is 12.2. The van der Waals surface area contributed by atoms with Gasteiger partial charge in [-0.05, 0) is 123 Å². The summed E-state index contributed by atoms with van der Waals surface area (Å²) in [6.07, 6.45) is 24.0. The summed E-state index contributed by atoms with van der Waals surface area (Å²) in [7, 11) is 0. The summed E-state index contributed by atoms with van der Waals surface area (Å²) in [6.45, 7) is 20.4. The second-order valence-corrected chi connectivity index (χ2v) is 17.9. The van der Waals surface area contributed by atoms with Gasteiger partial charge in [-0.15, -0.1) is 11.8 Å². The van der Waals surface area contributed by atoms with Crippen molar-refractivity contribution in [1.29, 1.82) is 0 Å². The minimum atomic E-state index is 0.494. The molecule has 4 fully saturated rings. The van der Waals surface area contributed by atoms with E-state index >= 15 is 0 Å². The van der Waals surface area contributed by atoms with Gasteiger partial charge in [-0.1, -0.05) is 81.1 Å². The van der Waals surface area contributed by atoms with Crippen LogP contribution in [0.15, 0.2) is 0 Å². The molecule has 4 rings (SSSR count). The standard InChI is InChI=1S/C34H62S/c1-25-13-9-11-23-33(25,29-19-15-27(16-20-29)31(3,4)5)35-34(24-12-10-14-26(34)2)30-21-17-28(18-22-30)32(6,7)8/h25-30H,9-24H2,1-8H3. The van der Waals surface area contributed by atoms with E-state index in [0.29, 0.717) is 20.3 Å².